The van der Waals surface area contributed by atoms with Crippen LogP contribution in [-0.2, 0) is 6.18 Å². The first kappa shape index (κ1) is 24.1. The molecule has 0 atom stereocenters. The normalized spacial score (nSPS) is 11.4. The molecule has 7 nitrogen and oxygen atoms in total. The van der Waals surface area contributed by atoms with Crippen LogP contribution in [0.25, 0.3) is 5.82 Å². The minimum atomic E-state index is -4.98. The molecule has 0 unspecified atom stereocenters. The van der Waals surface area contributed by atoms with Gasteiger partial charge in [0.2, 0.25) is 0 Å². The number of carbonyl (C=O) groups is 2. The van der Waals surface area contributed by atoms with Gasteiger partial charge in [-0.25, -0.2) is 9.67 Å². The van der Waals surface area contributed by atoms with Crippen molar-refractivity contribution in [2.24, 2.45) is 0 Å². The SMILES string of the molecule is CNC(=O)c1cc(Cl)cc(Cl)c1NC(=O)c1c(Cl)c(C(F)(F)F)nn1-c1ncccc1Cl. The second-order valence-corrected chi connectivity index (χ2v) is 7.70. The van der Waals surface area contributed by atoms with Crippen molar-refractivity contribution in [3.05, 3.63) is 67.5 Å². The summed E-state index contributed by atoms with van der Waals surface area (Å²) in [5.74, 6) is -2.09. The molecule has 0 bridgehead atoms. The minimum absolute atomic E-state index is 0.0919. The van der Waals surface area contributed by atoms with Gasteiger partial charge in [0.05, 0.1) is 21.3 Å². The maximum absolute atomic E-state index is 13.4. The van der Waals surface area contributed by atoms with E-state index in [2.05, 4.69) is 20.7 Å². The number of aromatic nitrogens is 3. The summed E-state index contributed by atoms with van der Waals surface area (Å²) in [6, 6.07) is 5.23. The Bertz CT molecular complexity index is 1230. The zero-order valence-electron chi connectivity index (χ0n) is 15.7. The van der Waals surface area contributed by atoms with E-state index < -0.39 is 34.4 Å². The van der Waals surface area contributed by atoms with Crippen LogP contribution in [-0.4, -0.2) is 33.6 Å². The molecule has 32 heavy (non-hydrogen) atoms. The number of rotatable bonds is 4. The van der Waals surface area contributed by atoms with Gasteiger partial charge in [0, 0.05) is 18.3 Å². The van der Waals surface area contributed by atoms with Crippen LogP contribution in [0.3, 0.4) is 0 Å². The maximum atomic E-state index is 13.4. The number of hydrogen-bond acceptors (Lipinski definition) is 4. The Balaban J connectivity index is 2.19. The van der Waals surface area contributed by atoms with Gasteiger partial charge in [-0.05, 0) is 24.3 Å². The molecular weight excluding hydrogens is 517 g/mol. The van der Waals surface area contributed by atoms with Crippen LogP contribution >= 0.6 is 46.4 Å². The van der Waals surface area contributed by atoms with Crippen molar-refractivity contribution < 1.29 is 22.8 Å². The van der Waals surface area contributed by atoms with Crippen molar-refractivity contribution in [3.8, 4) is 5.82 Å². The third-order valence-corrected chi connectivity index (χ3v) is 5.19. The van der Waals surface area contributed by atoms with Crippen LogP contribution in [0.2, 0.25) is 20.1 Å². The lowest BCUT2D eigenvalue weighted by atomic mass is 10.1. The van der Waals surface area contributed by atoms with E-state index in [0.717, 1.165) is 0 Å². The summed E-state index contributed by atoms with van der Waals surface area (Å²) in [5, 5.41) is 6.91. The first-order valence-corrected chi connectivity index (χ1v) is 9.96. The Morgan fingerprint density at radius 2 is 1.75 bits per heavy atom. The molecule has 2 heterocycles. The molecule has 0 spiro atoms. The number of amides is 2. The number of nitrogens with zero attached hydrogens (tertiary/aromatic N) is 3. The second-order valence-electron chi connectivity index (χ2n) is 6.07. The number of anilines is 1. The van der Waals surface area contributed by atoms with Crippen LogP contribution in [0.5, 0.6) is 0 Å². The minimum Gasteiger partial charge on any atom is -0.355 e. The molecule has 0 aliphatic heterocycles. The second kappa shape index (κ2) is 9.14. The lowest BCUT2D eigenvalue weighted by Gasteiger charge is -2.14. The van der Waals surface area contributed by atoms with Crippen LogP contribution < -0.4 is 10.6 Å². The third-order valence-electron chi connectivity index (χ3n) is 4.02. The molecule has 3 rings (SSSR count). The highest BCUT2D eigenvalue weighted by Gasteiger charge is 2.41. The number of halogens is 7. The van der Waals surface area contributed by atoms with Gasteiger partial charge in [-0.2, -0.15) is 18.3 Å². The van der Waals surface area contributed by atoms with Gasteiger partial charge >= 0.3 is 6.18 Å². The highest BCUT2D eigenvalue weighted by Crippen LogP contribution is 2.38. The van der Waals surface area contributed by atoms with Crippen molar-refractivity contribution in [2.45, 2.75) is 6.18 Å². The topological polar surface area (TPSA) is 88.9 Å². The van der Waals surface area contributed by atoms with E-state index in [9.17, 15) is 22.8 Å². The Morgan fingerprint density at radius 1 is 1.06 bits per heavy atom. The first-order chi connectivity index (χ1) is 15.0. The van der Waals surface area contributed by atoms with Crippen LogP contribution in [0, 0.1) is 0 Å². The van der Waals surface area contributed by atoms with Crippen molar-refractivity contribution in [3.63, 3.8) is 0 Å². The molecule has 3 aromatic rings. The monoisotopic (exact) mass is 525 g/mol. The molecule has 0 radical (unpaired) electrons. The summed E-state index contributed by atoms with van der Waals surface area (Å²) in [4.78, 5) is 29.1. The van der Waals surface area contributed by atoms with E-state index in [1.54, 1.807) is 0 Å². The largest absolute Gasteiger partial charge is 0.436 e. The van der Waals surface area contributed by atoms with Crippen molar-refractivity contribution in [2.75, 3.05) is 12.4 Å². The van der Waals surface area contributed by atoms with Crippen LogP contribution in [0.1, 0.15) is 26.5 Å². The molecule has 0 aliphatic rings. The molecule has 0 saturated heterocycles. The van der Waals surface area contributed by atoms with E-state index in [-0.39, 0.29) is 32.1 Å². The predicted octanol–water partition coefficient (Wildman–Crippen LogP) is 5.51. The Hall–Kier alpha value is -2.53. The predicted molar refractivity (Wildman–Crippen MR) is 114 cm³/mol. The standard InChI is InChI=1S/C18H10Cl4F3N5O2/c1-26-16(31)8-5-7(19)6-10(21)12(8)28-17(32)13-11(22)14(18(23,24)25)29-30(13)15-9(20)3-2-4-27-15/h2-6H,1H3,(H,26,31)(H,28,32). The highest BCUT2D eigenvalue weighted by molar-refractivity contribution is 6.39. The Morgan fingerprint density at radius 3 is 2.34 bits per heavy atom. The van der Waals surface area contributed by atoms with Gasteiger partial charge in [-0.3, -0.25) is 9.59 Å². The number of pyridine rings is 1. The van der Waals surface area contributed by atoms with Gasteiger partial charge < -0.3 is 10.6 Å². The molecule has 2 aromatic heterocycles. The molecule has 0 saturated carbocycles. The van der Waals surface area contributed by atoms with Crippen molar-refractivity contribution >= 4 is 63.9 Å². The molecule has 0 aliphatic carbocycles. The fourth-order valence-corrected chi connectivity index (χ4v) is 3.70. The lowest BCUT2D eigenvalue weighted by molar-refractivity contribution is -0.141. The average molecular weight is 527 g/mol. The summed E-state index contributed by atoms with van der Waals surface area (Å²) in [7, 11) is 1.33. The molecule has 1 aromatic carbocycles. The number of nitrogens with one attached hydrogen (secondary N) is 2. The smallest absolute Gasteiger partial charge is 0.355 e. The zero-order valence-corrected chi connectivity index (χ0v) is 18.7. The van der Waals surface area contributed by atoms with Gasteiger partial charge in [0.15, 0.2) is 17.2 Å². The average Bonchev–Trinajstić information content (AvgIpc) is 3.06. The summed E-state index contributed by atoms with van der Waals surface area (Å²) in [6.07, 6.45) is -3.74. The van der Waals surface area contributed by atoms with Crippen LogP contribution in [0.15, 0.2) is 30.5 Å². The lowest BCUT2D eigenvalue weighted by Crippen LogP contribution is -2.23. The van der Waals surface area contributed by atoms with E-state index >= 15 is 0 Å². The van der Waals surface area contributed by atoms with Gasteiger partial charge in [-0.1, -0.05) is 46.4 Å². The molecule has 14 heteroatoms. The molecule has 168 valence electrons. The van der Waals surface area contributed by atoms with E-state index in [1.807, 2.05) is 0 Å². The maximum Gasteiger partial charge on any atom is 0.436 e. The number of alkyl halides is 3. The fraction of sp³-hybridized carbons (Fsp3) is 0.111. The third kappa shape index (κ3) is 4.63. The van der Waals surface area contributed by atoms with Gasteiger partial charge in [-0.15, -0.1) is 0 Å². The van der Waals surface area contributed by atoms with E-state index in [4.69, 9.17) is 46.4 Å². The molecule has 0 fully saturated rings. The quantitative estimate of drug-likeness (QED) is 0.469. The Kier molecular flexibility index (Phi) is 6.89. The Labute approximate surface area is 198 Å². The van der Waals surface area contributed by atoms with Gasteiger partial charge in [0.1, 0.15) is 5.02 Å². The van der Waals surface area contributed by atoms with Gasteiger partial charge in [0.25, 0.3) is 11.8 Å². The molecule has 2 N–H and O–H groups in total. The molecular formula is C18H10Cl4F3N5O2. The molecule has 2 amide bonds. The van der Waals surface area contributed by atoms with E-state index in [1.165, 1.54) is 37.5 Å². The number of carbonyl (C=O) groups excluding carboxylic acids is 2. The van der Waals surface area contributed by atoms with Crippen molar-refractivity contribution in [1.82, 2.24) is 20.1 Å². The first-order valence-electron chi connectivity index (χ1n) is 8.44. The summed E-state index contributed by atoms with van der Waals surface area (Å²) >= 11 is 24.0. The summed E-state index contributed by atoms with van der Waals surface area (Å²) in [6.45, 7) is 0. The van der Waals surface area contributed by atoms with Crippen molar-refractivity contribution in [1.29, 1.82) is 0 Å². The van der Waals surface area contributed by atoms with Crippen LogP contribution in [0.4, 0.5) is 18.9 Å². The summed E-state index contributed by atoms with van der Waals surface area (Å²) in [5.41, 5.74) is -2.59. The zero-order chi connectivity index (χ0) is 23.8. The highest BCUT2D eigenvalue weighted by atomic mass is 35.5. The van der Waals surface area contributed by atoms with E-state index in [0.29, 0.717) is 4.68 Å². The summed E-state index contributed by atoms with van der Waals surface area (Å²) < 4.78 is 40.9. The fourth-order valence-electron chi connectivity index (χ4n) is 2.65. The number of benzene rings is 1. The number of hydrogen-bond donors (Lipinski definition) is 2.